The lowest BCUT2D eigenvalue weighted by Gasteiger charge is -2.20. The highest BCUT2D eigenvalue weighted by molar-refractivity contribution is 5.89. The van der Waals surface area contributed by atoms with Crippen molar-refractivity contribution in [1.29, 1.82) is 0 Å². The monoisotopic (exact) mass is 267 g/mol. The topological polar surface area (TPSA) is 77.3 Å². The van der Waals surface area contributed by atoms with Crippen LogP contribution in [0, 0.1) is 10.1 Å². The quantitative estimate of drug-likeness (QED) is 0.341. The van der Waals surface area contributed by atoms with Crippen LogP contribution in [0.15, 0.2) is 12.2 Å². The largest absolute Gasteiger partial charge is 0.299 e. The molecule has 0 bridgehead atoms. The van der Waals surface area contributed by atoms with E-state index in [9.17, 15) is 19.7 Å². The molecular formula is C14H21NO4. The summed E-state index contributed by atoms with van der Waals surface area (Å²) in [7, 11) is 0. The van der Waals surface area contributed by atoms with E-state index in [4.69, 9.17) is 0 Å². The first-order valence-electron chi connectivity index (χ1n) is 6.94. The Morgan fingerprint density at radius 1 is 1.05 bits per heavy atom. The Bertz CT molecular complexity index is 364. The Morgan fingerprint density at radius 2 is 1.63 bits per heavy atom. The number of nitrogens with zero attached hydrogens (tertiary/aromatic N) is 1. The molecule has 0 aromatic carbocycles. The Kier molecular flexibility index (Phi) is 6.39. The van der Waals surface area contributed by atoms with E-state index >= 15 is 0 Å². The highest BCUT2D eigenvalue weighted by atomic mass is 16.6. The van der Waals surface area contributed by atoms with Gasteiger partial charge in [-0.2, -0.15) is 0 Å². The molecule has 0 amide bonds. The lowest BCUT2D eigenvalue weighted by molar-refractivity contribution is -0.539. The second-order valence-electron chi connectivity index (χ2n) is 5.07. The highest BCUT2D eigenvalue weighted by Crippen LogP contribution is 2.26. The van der Waals surface area contributed by atoms with Gasteiger partial charge in [0.15, 0.2) is 0 Å². The van der Waals surface area contributed by atoms with E-state index in [2.05, 4.69) is 0 Å². The first-order chi connectivity index (χ1) is 9.13. The third-order valence-corrected chi connectivity index (χ3v) is 3.72. The maximum atomic E-state index is 12.2. The zero-order valence-corrected chi connectivity index (χ0v) is 11.2. The van der Waals surface area contributed by atoms with Gasteiger partial charge < -0.3 is 0 Å². The lowest BCUT2D eigenvalue weighted by Crippen LogP contribution is -2.44. The SMILES string of the molecule is O=C/C=C/C1([N+](=O)[O-])CCCCCCCCCC1=O. The Balaban J connectivity index is 2.95. The van der Waals surface area contributed by atoms with Crippen molar-refractivity contribution >= 4 is 12.1 Å². The fourth-order valence-corrected chi connectivity index (χ4v) is 2.55. The van der Waals surface area contributed by atoms with Crippen molar-refractivity contribution in [2.45, 2.75) is 63.3 Å². The van der Waals surface area contributed by atoms with Gasteiger partial charge in [-0.3, -0.25) is 19.7 Å². The van der Waals surface area contributed by atoms with Gasteiger partial charge in [0, 0.05) is 23.8 Å². The molecule has 0 aromatic heterocycles. The Labute approximate surface area is 113 Å². The van der Waals surface area contributed by atoms with Crippen LogP contribution in [0.25, 0.3) is 0 Å². The molecule has 0 aromatic rings. The number of carbonyl (C=O) groups excluding carboxylic acids is 2. The van der Waals surface area contributed by atoms with Crippen LogP contribution in [0.5, 0.6) is 0 Å². The van der Waals surface area contributed by atoms with Gasteiger partial charge in [0.05, 0.1) is 0 Å². The van der Waals surface area contributed by atoms with Crippen LogP contribution >= 0.6 is 0 Å². The fraction of sp³-hybridized carbons (Fsp3) is 0.714. The van der Waals surface area contributed by atoms with Crippen LogP contribution in [-0.4, -0.2) is 22.5 Å². The van der Waals surface area contributed by atoms with Crippen molar-refractivity contribution in [1.82, 2.24) is 0 Å². The maximum Gasteiger partial charge on any atom is 0.297 e. The molecule has 0 N–H and O–H groups in total. The van der Waals surface area contributed by atoms with Crippen molar-refractivity contribution < 1.29 is 14.5 Å². The van der Waals surface area contributed by atoms with Crippen LogP contribution in [0.1, 0.15) is 57.8 Å². The molecule has 1 atom stereocenters. The van der Waals surface area contributed by atoms with Crippen molar-refractivity contribution in [2.24, 2.45) is 0 Å². The number of rotatable bonds is 3. The molecule has 1 rings (SSSR count). The van der Waals surface area contributed by atoms with Crippen molar-refractivity contribution in [3.8, 4) is 0 Å². The first kappa shape index (κ1) is 15.5. The van der Waals surface area contributed by atoms with Gasteiger partial charge >= 0.3 is 0 Å². The molecule has 1 fully saturated rings. The lowest BCUT2D eigenvalue weighted by atomic mass is 9.85. The number of nitro groups is 1. The smallest absolute Gasteiger partial charge is 0.297 e. The first-order valence-corrected chi connectivity index (χ1v) is 6.94. The molecule has 0 spiro atoms. The Hall–Kier alpha value is -1.52. The average Bonchev–Trinajstić information content (AvgIpc) is 2.42. The minimum Gasteiger partial charge on any atom is -0.299 e. The molecule has 1 unspecified atom stereocenters. The summed E-state index contributed by atoms with van der Waals surface area (Å²) in [6.07, 6.45) is 9.64. The maximum absolute atomic E-state index is 12.2. The van der Waals surface area contributed by atoms with Gasteiger partial charge in [0.25, 0.3) is 5.54 Å². The average molecular weight is 267 g/mol. The normalized spacial score (nSPS) is 26.8. The summed E-state index contributed by atoms with van der Waals surface area (Å²) in [5.74, 6) is -0.363. The highest BCUT2D eigenvalue weighted by Gasteiger charge is 2.46. The molecule has 106 valence electrons. The fourth-order valence-electron chi connectivity index (χ4n) is 2.55. The van der Waals surface area contributed by atoms with Crippen LogP contribution < -0.4 is 0 Å². The molecule has 1 aliphatic carbocycles. The molecule has 5 nitrogen and oxygen atoms in total. The van der Waals surface area contributed by atoms with Crippen LogP contribution in [0.2, 0.25) is 0 Å². The number of aldehydes is 1. The van der Waals surface area contributed by atoms with E-state index in [0.29, 0.717) is 19.1 Å². The summed E-state index contributed by atoms with van der Waals surface area (Å²) in [6, 6.07) is 0. The van der Waals surface area contributed by atoms with Crippen LogP contribution in [-0.2, 0) is 9.59 Å². The molecular weight excluding hydrogens is 246 g/mol. The minimum absolute atomic E-state index is 0.198. The van der Waals surface area contributed by atoms with Crippen LogP contribution in [0.4, 0.5) is 0 Å². The zero-order valence-electron chi connectivity index (χ0n) is 11.2. The van der Waals surface area contributed by atoms with Gasteiger partial charge in [-0.15, -0.1) is 0 Å². The summed E-state index contributed by atoms with van der Waals surface area (Å²) in [4.78, 5) is 33.5. The van der Waals surface area contributed by atoms with Gasteiger partial charge in [-0.25, -0.2) is 0 Å². The Morgan fingerprint density at radius 3 is 2.21 bits per heavy atom. The number of hydrogen-bond donors (Lipinski definition) is 0. The summed E-state index contributed by atoms with van der Waals surface area (Å²) >= 11 is 0. The standard InChI is InChI=1S/C14H21NO4/c16-12-8-11-14(15(18)19)10-7-5-3-1-2-4-6-9-13(14)17/h8,11-12H,1-7,9-10H2/b11-8+. The minimum atomic E-state index is -1.69. The molecule has 0 saturated heterocycles. The molecule has 19 heavy (non-hydrogen) atoms. The van der Waals surface area contributed by atoms with Gasteiger partial charge in [0.1, 0.15) is 6.29 Å². The van der Waals surface area contributed by atoms with Gasteiger partial charge in [0.2, 0.25) is 5.78 Å². The second kappa shape index (κ2) is 7.81. The summed E-state index contributed by atoms with van der Waals surface area (Å²) in [6.45, 7) is 0. The van der Waals surface area contributed by atoms with E-state index in [-0.39, 0.29) is 18.6 Å². The van der Waals surface area contributed by atoms with Crippen molar-refractivity contribution in [2.75, 3.05) is 0 Å². The third-order valence-electron chi connectivity index (χ3n) is 3.72. The van der Waals surface area contributed by atoms with E-state index < -0.39 is 10.5 Å². The van der Waals surface area contributed by atoms with E-state index in [1.807, 2.05) is 0 Å². The van der Waals surface area contributed by atoms with Crippen molar-refractivity contribution in [3.63, 3.8) is 0 Å². The molecule has 1 aliphatic rings. The van der Waals surface area contributed by atoms with Gasteiger partial charge in [-0.05, 0) is 18.9 Å². The predicted octanol–water partition coefficient (Wildman–Crippen LogP) is 2.85. The van der Waals surface area contributed by atoms with Crippen LogP contribution in [0.3, 0.4) is 0 Å². The number of ketones is 1. The number of allylic oxidation sites excluding steroid dienone is 1. The van der Waals surface area contributed by atoms with Gasteiger partial charge in [-0.1, -0.05) is 32.1 Å². The predicted molar refractivity (Wildman–Crippen MR) is 71.5 cm³/mol. The molecule has 5 heteroatoms. The summed E-state index contributed by atoms with van der Waals surface area (Å²) < 4.78 is 0. The molecule has 1 saturated carbocycles. The second-order valence-corrected chi connectivity index (χ2v) is 5.07. The van der Waals surface area contributed by atoms with E-state index in [0.717, 1.165) is 38.2 Å². The molecule has 0 aliphatic heterocycles. The molecule has 0 heterocycles. The van der Waals surface area contributed by atoms with E-state index in [1.54, 1.807) is 0 Å². The number of hydrogen-bond acceptors (Lipinski definition) is 4. The summed E-state index contributed by atoms with van der Waals surface area (Å²) in [5.41, 5.74) is -1.69. The summed E-state index contributed by atoms with van der Waals surface area (Å²) in [5, 5.41) is 11.4. The molecule has 0 radical (unpaired) electrons. The number of carbonyl (C=O) groups is 2. The van der Waals surface area contributed by atoms with Crippen molar-refractivity contribution in [3.05, 3.63) is 22.3 Å². The van der Waals surface area contributed by atoms with E-state index in [1.165, 1.54) is 6.08 Å². The number of Topliss-reactive ketones (excluding diaryl/α,β-unsaturated/α-hetero) is 1. The third kappa shape index (κ3) is 4.26. The zero-order chi connectivity index (χ0) is 14.1.